The molecule has 0 aromatic heterocycles. The van der Waals surface area contributed by atoms with Gasteiger partial charge >= 0.3 is 0 Å². The number of ether oxygens (including phenoxy) is 2. The van der Waals surface area contributed by atoms with Gasteiger partial charge in [-0.2, -0.15) is 0 Å². The Labute approximate surface area is 201 Å². The molecule has 9 heteroatoms. The van der Waals surface area contributed by atoms with Crippen molar-refractivity contribution in [1.29, 1.82) is 0 Å². The Morgan fingerprint density at radius 2 is 1.73 bits per heavy atom. The van der Waals surface area contributed by atoms with Crippen LogP contribution in [0.25, 0.3) is 0 Å². The lowest BCUT2D eigenvalue weighted by molar-refractivity contribution is -0.126. The van der Waals surface area contributed by atoms with E-state index in [-0.39, 0.29) is 17.6 Å². The second-order valence-corrected chi connectivity index (χ2v) is 10.3. The van der Waals surface area contributed by atoms with Gasteiger partial charge < -0.3 is 14.8 Å². The van der Waals surface area contributed by atoms with Gasteiger partial charge in [-0.15, -0.1) is 0 Å². The third-order valence-corrected chi connectivity index (χ3v) is 7.78. The summed E-state index contributed by atoms with van der Waals surface area (Å²) in [6.45, 7) is 5.90. The highest BCUT2D eigenvalue weighted by Gasteiger charge is 2.31. The number of hydrogen-bond donors (Lipinski definition) is 1. The first-order chi connectivity index (χ1) is 15.8. The van der Waals surface area contributed by atoms with Crippen molar-refractivity contribution in [2.45, 2.75) is 39.0 Å². The monoisotopic (exact) mass is 494 g/mol. The molecule has 180 valence electrons. The molecule has 0 bridgehead atoms. The van der Waals surface area contributed by atoms with E-state index in [9.17, 15) is 13.2 Å². The number of rotatable bonds is 10. The first kappa shape index (κ1) is 25.3. The quantitative estimate of drug-likeness (QED) is 0.539. The van der Waals surface area contributed by atoms with Crippen LogP contribution in [-0.4, -0.2) is 44.9 Å². The van der Waals surface area contributed by atoms with E-state index < -0.39 is 10.0 Å². The Kier molecular flexibility index (Phi) is 9.00. The highest BCUT2D eigenvalue weighted by molar-refractivity contribution is 7.88. The molecule has 1 N–H and O–H groups in total. The zero-order valence-corrected chi connectivity index (χ0v) is 20.6. The second kappa shape index (κ2) is 11.7. The maximum absolute atomic E-state index is 12.8. The van der Waals surface area contributed by atoms with Crippen LogP contribution in [0, 0.1) is 5.92 Å². The van der Waals surface area contributed by atoms with Crippen molar-refractivity contribution < 1.29 is 22.7 Å². The van der Waals surface area contributed by atoms with Crippen LogP contribution >= 0.6 is 11.6 Å². The average molecular weight is 495 g/mol. The van der Waals surface area contributed by atoms with Gasteiger partial charge in [-0.25, -0.2) is 12.7 Å². The summed E-state index contributed by atoms with van der Waals surface area (Å²) >= 11 is 6.12. The molecule has 0 spiro atoms. The summed E-state index contributed by atoms with van der Waals surface area (Å²) < 4.78 is 38.3. The summed E-state index contributed by atoms with van der Waals surface area (Å²) in [5.41, 5.74) is 1.50. The largest absolute Gasteiger partial charge is 0.490 e. The Balaban J connectivity index is 1.52. The van der Waals surface area contributed by atoms with Gasteiger partial charge in [0.2, 0.25) is 15.9 Å². The van der Waals surface area contributed by atoms with Crippen LogP contribution in [0.2, 0.25) is 5.02 Å². The van der Waals surface area contributed by atoms with E-state index in [1.807, 2.05) is 32.0 Å². The molecule has 1 saturated heterocycles. The lowest BCUT2D eigenvalue weighted by Crippen LogP contribution is -2.43. The molecule has 1 fully saturated rings. The molecule has 0 saturated carbocycles. The van der Waals surface area contributed by atoms with Gasteiger partial charge in [-0.05, 0) is 56.0 Å². The summed E-state index contributed by atoms with van der Waals surface area (Å²) in [7, 11) is -3.49. The van der Waals surface area contributed by atoms with Crippen LogP contribution in [-0.2, 0) is 27.1 Å². The first-order valence-corrected chi connectivity index (χ1v) is 13.2. The molecular formula is C24H31ClN2O5S. The third-order valence-electron chi connectivity index (χ3n) is 5.59. The Morgan fingerprint density at radius 1 is 1.06 bits per heavy atom. The number of carbonyl (C=O) groups is 1. The maximum atomic E-state index is 12.8. The molecule has 1 aliphatic heterocycles. The third kappa shape index (κ3) is 6.85. The summed E-state index contributed by atoms with van der Waals surface area (Å²) in [6.07, 6.45) is 0.974. The van der Waals surface area contributed by atoms with Crippen molar-refractivity contribution in [2.24, 2.45) is 5.92 Å². The van der Waals surface area contributed by atoms with E-state index in [0.29, 0.717) is 67.8 Å². The Morgan fingerprint density at radius 3 is 2.39 bits per heavy atom. The number of piperidine rings is 1. The molecule has 0 atom stereocenters. The van der Waals surface area contributed by atoms with E-state index in [1.54, 1.807) is 24.3 Å². The van der Waals surface area contributed by atoms with Gasteiger partial charge in [0.15, 0.2) is 11.5 Å². The second-order valence-electron chi connectivity index (χ2n) is 7.89. The number of nitrogens with zero attached hydrogens (tertiary/aromatic N) is 1. The van der Waals surface area contributed by atoms with Gasteiger partial charge in [0.25, 0.3) is 0 Å². The lowest BCUT2D eigenvalue weighted by Gasteiger charge is -2.30. The van der Waals surface area contributed by atoms with E-state index in [0.717, 1.165) is 5.56 Å². The predicted octanol–water partition coefficient (Wildman–Crippen LogP) is 4.00. The maximum Gasteiger partial charge on any atom is 0.223 e. The smallest absolute Gasteiger partial charge is 0.223 e. The molecule has 3 rings (SSSR count). The molecule has 2 aromatic carbocycles. The summed E-state index contributed by atoms with van der Waals surface area (Å²) in [6, 6.07) is 12.6. The summed E-state index contributed by atoms with van der Waals surface area (Å²) in [5.74, 6) is 0.919. The fraction of sp³-hybridized carbons (Fsp3) is 0.458. The van der Waals surface area contributed by atoms with Gasteiger partial charge in [-0.1, -0.05) is 35.9 Å². The van der Waals surface area contributed by atoms with Crippen LogP contribution < -0.4 is 14.8 Å². The summed E-state index contributed by atoms with van der Waals surface area (Å²) in [4.78, 5) is 12.7. The molecule has 2 aromatic rings. The number of carbonyl (C=O) groups excluding carboxylic acids is 1. The molecule has 0 radical (unpaired) electrons. The number of sulfonamides is 1. The number of hydrogen-bond acceptors (Lipinski definition) is 5. The Bertz CT molecular complexity index is 1050. The molecule has 0 unspecified atom stereocenters. The highest BCUT2D eigenvalue weighted by atomic mass is 35.5. The van der Waals surface area contributed by atoms with E-state index in [2.05, 4.69) is 5.32 Å². The van der Waals surface area contributed by atoms with Crippen molar-refractivity contribution in [3.63, 3.8) is 0 Å². The number of benzene rings is 2. The molecule has 1 amide bonds. The van der Waals surface area contributed by atoms with Crippen molar-refractivity contribution in [3.8, 4) is 11.5 Å². The fourth-order valence-corrected chi connectivity index (χ4v) is 5.71. The van der Waals surface area contributed by atoms with E-state index in [4.69, 9.17) is 21.1 Å². The van der Waals surface area contributed by atoms with Crippen molar-refractivity contribution >= 4 is 27.5 Å². The van der Waals surface area contributed by atoms with Crippen LogP contribution in [0.4, 0.5) is 0 Å². The molecule has 1 heterocycles. The van der Waals surface area contributed by atoms with Gasteiger partial charge in [0, 0.05) is 30.6 Å². The molecule has 1 aliphatic rings. The zero-order valence-electron chi connectivity index (χ0n) is 19.1. The molecular weight excluding hydrogens is 464 g/mol. The normalized spacial score (nSPS) is 15.2. The van der Waals surface area contributed by atoms with Gasteiger partial charge in [-0.3, -0.25) is 4.79 Å². The minimum absolute atomic E-state index is 0.0648. The highest BCUT2D eigenvalue weighted by Crippen LogP contribution is 2.29. The van der Waals surface area contributed by atoms with Crippen LogP contribution in [0.15, 0.2) is 42.5 Å². The number of nitrogens with one attached hydrogen (secondary N) is 1. The van der Waals surface area contributed by atoms with Crippen molar-refractivity contribution in [2.75, 3.05) is 26.3 Å². The fourth-order valence-electron chi connectivity index (χ4n) is 3.84. The predicted molar refractivity (Wildman–Crippen MR) is 129 cm³/mol. The van der Waals surface area contributed by atoms with E-state index in [1.165, 1.54) is 4.31 Å². The molecule has 33 heavy (non-hydrogen) atoms. The van der Waals surface area contributed by atoms with Gasteiger partial charge in [0.05, 0.1) is 19.0 Å². The molecule has 7 nitrogen and oxygen atoms in total. The Hall–Kier alpha value is -2.29. The standard InChI is InChI=1S/C24H31ClN2O5S/c1-3-31-22-10-9-18(15-23(22)32-4-2)16-26-24(28)19-11-13-27(14-12-19)33(29,30)17-20-7-5-6-8-21(20)25/h5-10,15,19H,3-4,11-14,16-17H2,1-2H3,(H,26,28). The van der Waals surface area contributed by atoms with Crippen LogP contribution in [0.1, 0.15) is 37.8 Å². The summed E-state index contributed by atoms with van der Waals surface area (Å²) in [5, 5.41) is 3.41. The van der Waals surface area contributed by atoms with Crippen LogP contribution in [0.3, 0.4) is 0 Å². The molecule has 0 aliphatic carbocycles. The van der Waals surface area contributed by atoms with Crippen molar-refractivity contribution in [1.82, 2.24) is 9.62 Å². The van der Waals surface area contributed by atoms with Crippen LogP contribution in [0.5, 0.6) is 11.5 Å². The lowest BCUT2D eigenvalue weighted by atomic mass is 9.97. The van der Waals surface area contributed by atoms with E-state index >= 15 is 0 Å². The SMILES string of the molecule is CCOc1ccc(CNC(=O)C2CCN(S(=O)(=O)Cc3ccccc3Cl)CC2)cc1OCC. The minimum Gasteiger partial charge on any atom is -0.490 e. The topological polar surface area (TPSA) is 84.9 Å². The minimum atomic E-state index is -3.49. The number of halogens is 1. The van der Waals surface area contributed by atoms with Gasteiger partial charge in [0.1, 0.15) is 0 Å². The first-order valence-electron chi connectivity index (χ1n) is 11.2. The zero-order chi connectivity index (χ0) is 23.8. The average Bonchev–Trinajstić information content (AvgIpc) is 2.81. The number of amides is 1. The van der Waals surface area contributed by atoms with Crippen molar-refractivity contribution in [3.05, 3.63) is 58.6 Å².